The third kappa shape index (κ3) is 3.44. The molecule has 0 saturated heterocycles. The molecule has 0 aliphatic rings. The third-order valence-electron chi connectivity index (χ3n) is 2.07. The van der Waals surface area contributed by atoms with Gasteiger partial charge in [0.05, 0.1) is 3.57 Å². The molecule has 1 heterocycles. The van der Waals surface area contributed by atoms with E-state index in [1.165, 1.54) is 0 Å². The number of rotatable bonds is 2. The Morgan fingerprint density at radius 1 is 1.06 bits per heavy atom. The van der Waals surface area contributed by atoms with E-state index in [1.807, 2.05) is 46.9 Å². The zero-order valence-corrected chi connectivity index (χ0v) is 12.8. The van der Waals surface area contributed by atoms with Crippen LogP contribution < -0.4 is 0 Å². The monoisotopic (exact) mass is 398 g/mol. The van der Waals surface area contributed by atoms with E-state index in [-0.39, 0.29) is 0 Å². The van der Waals surface area contributed by atoms with Gasteiger partial charge in [-0.05, 0) is 40.3 Å². The molecule has 0 aliphatic heterocycles. The Labute approximate surface area is 127 Å². The molecule has 2 aromatic rings. The highest BCUT2D eigenvalue weighted by Crippen LogP contribution is 2.23. The minimum absolute atomic E-state index is 0.377. The van der Waals surface area contributed by atoms with Crippen molar-refractivity contribution in [3.05, 3.63) is 54.6 Å². The van der Waals surface area contributed by atoms with Gasteiger partial charge in [-0.1, -0.05) is 46.9 Å². The van der Waals surface area contributed by atoms with Gasteiger partial charge in [0.1, 0.15) is 16.1 Å². The SMILES string of the molecule is Clc1cccc(Cc2nc(Cl)c(I)c(Cl)n2)c1. The van der Waals surface area contributed by atoms with Gasteiger partial charge >= 0.3 is 0 Å². The van der Waals surface area contributed by atoms with Crippen molar-refractivity contribution in [3.63, 3.8) is 0 Å². The van der Waals surface area contributed by atoms with Crippen LogP contribution >= 0.6 is 57.4 Å². The summed E-state index contributed by atoms with van der Waals surface area (Å²) in [6.45, 7) is 0. The average molecular weight is 399 g/mol. The van der Waals surface area contributed by atoms with E-state index in [0.29, 0.717) is 31.1 Å². The Morgan fingerprint density at radius 2 is 1.71 bits per heavy atom. The summed E-state index contributed by atoms with van der Waals surface area (Å²) in [4.78, 5) is 8.36. The van der Waals surface area contributed by atoms with Crippen LogP contribution in [0, 0.1) is 3.57 Å². The van der Waals surface area contributed by atoms with Crippen LogP contribution in [0.5, 0.6) is 0 Å². The highest BCUT2D eigenvalue weighted by Gasteiger charge is 2.09. The van der Waals surface area contributed by atoms with Crippen LogP contribution in [0.25, 0.3) is 0 Å². The lowest BCUT2D eigenvalue weighted by atomic mass is 10.1. The van der Waals surface area contributed by atoms with Crippen molar-refractivity contribution in [1.82, 2.24) is 9.97 Å². The summed E-state index contributed by atoms with van der Waals surface area (Å²) >= 11 is 19.8. The van der Waals surface area contributed by atoms with Gasteiger partial charge in [0.2, 0.25) is 0 Å². The maximum Gasteiger partial charge on any atom is 0.147 e. The van der Waals surface area contributed by atoms with E-state index in [2.05, 4.69) is 9.97 Å². The third-order valence-corrected chi connectivity index (χ3v) is 4.51. The van der Waals surface area contributed by atoms with Crippen molar-refractivity contribution in [2.45, 2.75) is 6.42 Å². The molecule has 0 bridgehead atoms. The van der Waals surface area contributed by atoms with Crippen LogP contribution in [0.1, 0.15) is 11.4 Å². The summed E-state index contributed by atoms with van der Waals surface area (Å²) < 4.78 is 0.667. The molecule has 88 valence electrons. The first-order valence-electron chi connectivity index (χ1n) is 4.68. The fourth-order valence-electron chi connectivity index (χ4n) is 1.34. The Morgan fingerprint density at radius 3 is 2.29 bits per heavy atom. The van der Waals surface area contributed by atoms with E-state index in [0.717, 1.165) is 5.56 Å². The second-order valence-corrected chi connectivity index (χ2v) is 5.57. The molecule has 2 rings (SSSR count). The van der Waals surface area contributed by atoms with Gasteiger partial charge in [-0.25, -0.2) is 9.97 Å². The summed E-state index contributed by atoms with van der Waals surface area (Å²) in [6.07, 6.45) is 0.552. The van der Waals surface area contributed by atoms with Crippen LogP contribution in [0.4, 0.5) is 0 Å². The smallest absolute Gasteiger partial charge is 0.147 e. The summed E-state index contributed by atoms with van der Waals surface area (Å²) in [5, 5.41) is 1.44. The Bertz CT molecular complexity index is 537. The molecular weight excluding hydrogens is 393 g/mol. The first kappa shape index (κ1) is 13.3. The normalized spacial score (nSPS) is 10.6. The minimum Gasteiger partial charge on any atom is -0.220 e. The van der Waals surface area contributed by atoms with Crippen LogP contribution in [0.15, 0.2) is 24.3 Å². The van der Waals surface area contributed by atoms with E-state index in [9.17, 15) is 0 Å². The van der Waals surface area contributed by atoms with Crippen molar-refractivity contribution in [1.29, 1.82) is 0 Å². The number of benzene rings is 1. The zero-order valence-electron chi connectivity index (χ0n) is 8.42. The molecule has 6 heteroatoms. The fourth-order valence-corrected chi connectivity index (χ4v) is 2.22. The standard InChI is InChI=1S/C11H6Cl3IN2/c12-7-3-1-2-6(4-7)5-8-16-10(13)9(15)11(14)17-8/h1-4H,5H2. The molecule has 0 N–H and O–H groups in total. The molecule has 1 aromatic heterocycles. The topological polar surface area (TPSA) is 25.8 Å². The molecule has 1 aromatic carbocycles. The quantitative estimate of drug-likeness (QED) is 0.544. The fraction of sp³-hybridized carbons (Fsp3) is 0.0909. The van der Waals surface area contributed by atoms with Crippen LogP contribution in [0.3, 0.4) is 0 Å². The van der Waals surface area contributed by atoms with Crippen molar-refractivity contribution in [2.75, 3.05) is 0 Å². The molecular formula is C11H6Cl3IN2. The molecule has 0 fully saturated rings. The molecule has 2 nitrogen and oxygen atoms in total. The minimum atomic E-state index is 0.377. The molecule has 0 saturated carbocycles. The molecule has 0 amide bonds. The maximum absolute atomic E-state index is 5.95. The predicted octanol–water partition coefficient (Wildman–Crippen LogP) is 4.63. The van der Waals surface area contributed by atoms with Gasteiger partial charge in [-0.3, -0.25) is 0 Å². The van der Waals surface area contributed by atoms with Crippen molar-refractivity contribution in [3.8, 4) is 0 Å². The molecule has 0 atom stereocenters. The molecule has 0 spiro atoms. The van der Waals surface area contributed by atoms with Crippen LogP contribution in [-0.2, 0) is 6.42 Å². The Balaban J connectivity index is 2.31. The van der Waals surface area contributed by atoms with Gasteiger partial charge in [0.15, 0.2) is 0 Å². The average Bonchev–Trinajstić information content (AvgIpc) is 2.26. The Hall–Kier alpha value is -0.100. The summed E-state index contributed by atoms with van der Waals surface area (Å²) in [5.41, 5.74) is 1.02. The van der Waals surface area contributed by atoms with Gasteiger partial charge in [-0.15, -0.1) is 0 Å². The summed E-state index contributed by atoms with van der Waals surface area (Å²) in [6, 6.07) is 7.52. The van der Waals surface area contributed by atoms with Gasteiger partial charge in [-0.2, -0.15) is 0 Å². The largest absolute Gasteiger partial charge is 0.220 e. The van der Waals surface area contributed by atoms with Gasteiger partial charge in [0, 0.05) is 11.4 Å². The van der Waals surface area contributed by atoms with E-state index in [1.54, 1.807) is 0 Å². The van der Waals surface area contributed by atoms with Crippen molar-refractivity contribution in [2.24, 2.45) is 0 Å². The van der Waals surface area contributed by atoms with Crippen LogP contribution in [-0.4, -0.2) is 9.97 Å². The Kier molecular flexibility index (Phi) is 4.47. The predicted molar refractivity (Wildman–Crippen MR) is 79.0 cm³/mol. The molecule has 0 aliphatic carbocycles. The first-order valence-corrected chi connectivity index (χ1v) is 6.89. The lowest BCUT2D eigenvalue weighted by Crippen LogP contribution is -1.99. The number of aromatic nitrogens is 2. The second-order valence-electron chi connectivity index (χ2n) is 3.34. The molecule has 0 radical (unpaired) electrons. The van der Waals surface area contributed by atoms with E-state index >= 15 is 0 Å². The van der Waals surface area contributed by atoms with E-state index in [4.69, 9.17) is 34.8 Å². The van der Waals surface area contributed by atoms with E-state index < -0.39 is 0 Å². The lowest BCUT2D eigenvalue weighted by molar-refractivity contribution is 0.962. The summed E-state index contributed by atoms with van der Waals surface area (Å²) in [7, 11) is 0. The lowest BCUT2D eigenvalue weighted by Gasteiger charge is -2.04. The number of halogens is 4. The van der Waals surface area contributed by atoms with Gasteiger partial charge < -0.3 is 0 Å². The van der Waals surface area contributed by atoms with Crippen molar-refractivity contribution >= 4 is 57.4 Å². The maximum atomic E-state index is 5.95. The number of hydrogen-bond acceptors (Lipinski definition) is 2. The highest BCUT2D eigenvalue weighted by atomic mass is 127. The molecule has 0 unspecified atom stereocenters. The number of nitrogens with zero attached hydrogens (tertiary/aromatic N) is 2. The van der Waals surface area contributed by atoms with Crippen LogP contribution in [0.2, 0.25) is 15.3 Å². The zero-order chi connectivity index (χ0) is 12.4. The molecule has 17 heavy (non-hydrogen) atoms. The number of hydrogen-bond donors (Lipinski definition) is 0. The first-order chi connectivity index (χ1) is 8.06. The highest BCUT2D eigenvalue weighted by molar-refractivity contribution is 14.1. The van der Waals surface area contributed by atoms with Crippen molar-refractivity contribution < 1.29 is 0 Å². The van der Waals surface area contributed by atoms with Gasteiger partial charge in [0.25, 0.3) is 0 Å². The second kappa shape index (κ2) is 5.69. The summed E-state index contributed by atoms with van der Waals surface area (Å²) in [5.74, 6) is 0.586.